The minimum atomic E-state index is -2.19. The molecule has 1 rings (SSSR count). The summed E-state index contributed by atoms with van der Waals surface area (Å²) in [6.07, 6.45) is 1.60. The third-order valence-electron chi connectivity index (χ3n) is 2.22. The van der Waals surface area contributed by atoms with Gasteiger partial charge in [-0.2, -0.15) is 0 Å². The van der Waals surface area contributed by atoms with Gasteiger partial charge >= 0.3 is 23.2 Å². The number of rotatable bonds is 2. The minimum absolute atomic E-state index is 0. The molecule has 0 heterocycles. The zero-order valence-corrected chi connectivity index (χ0v) is 14.1. The number of ether oxygens (including phenoxy) is 1. The zero-order valence-electron chi connectivity index (χ0n) is 12.3. The average Bonchev–Trinajstić information content (AvgIpc) is 2.38. The Morgan fingerprint density at radius 2 is 1.50 bits per heavy atom. The third kappa shape index (κ3) is 7.92. The molecule has 0 aliphatic rings. The standard InChI is InChI=1S/C11H15NO2S.C2H2O4.Cu/c1-7-5-9(14-11(13)12-3)6-8(2)10(7)15-4;3-1(4)2(5)6;/h5-6H,1-4H3,(H,12,13);(H,3,4)(H,5,6);/q;;+2/p-2. The molecular formula is C13H15CuNO6S. The maximum absolute atomic E-state index is 11.0. The summed E-state index contributed by atoms with van der Waals surface area (Å²) in [6, 6.07) is 3.74. The second-order valence-electron chi connectivity index (χ2n) is 3.80. The fourth-order valence-electron chi connectivity index (χ4n) is 1.45. The Labute approximate surface area is 142 Å². The van der Waals surface area contributed by atoms with Crippen molar-refractivity contribution in [3.05, 3.63) is 23.3 Å². The van der Waals surface area contributed by atoms with Gasteiger partial charge in [-0.25, -0.2) is 4.79 Å². The van der Waals surface area contributed by atoms with Crippen molar-refractivity contribution in [2.75, 3.05) is 13.3 Å². The fraction of sp³-hybridized carbons (Fsp3) is 0.308. The van der Waals surface area contributed by atoms with Gasteiger partial charge in [-0.05, 0) is 43.4 Å². The first-order valence-corrected chi connectivity index (χ1v) is 6.92. The van der Waals surface area contributed by atoms with E-state index in [0.717, 1.165) is 11.1 Å². The van der Waals surface area contributed by atoms with E-state index in [1.54, 1.807) is 11.8 Å². The van der Waals surface area contributed by atoms with Crippen molar-refractivity contribution in [1.29, 1.82) is 0 Å². The molecule has 0 unspecified atom stereocenters. The second kappa shape index (κ2) is 10.9. The first kappa shape index (κ1) is 22.6. The molecule has 0 aromatic heterocycles. The van der Waals surface area contributed by atoms with Gasteiger partial charge in [0.2, 0.25) is 0 Å². The number of nitrogens with one attached hydrogen (secondary N) is 1. The molecular weight excluding hydrogens is 362 g/mol. The van der Waals surface area contributed by atoms with Gasteiger partial charge in [-0.1, -0.05) is 0 Å². The van der Waals surface area contributed by atoms with Gasteiger partial charge in [-0.3, -0.25) is 0 Å². The Morgan fingerprint density at radius 1 is 1.09 bits per heavy atom. The van der Waals surface area contributed by atoms with Gasteiger partial charge in [0.25, 0.3) is 0 Å². The summed E-state index contributed by atoms with van der Waals surface area (Å²) < 4.78 is 5.07. The van der Waals surface area contributed by atoms with E-state index in [4.69, 9.17) is 24.5 Å². The molecule has 0 aliphatic heterocycles. The molecule has 9 heteroatoms. The molecule has 0 spiro atoms. The number of hydrogen-bond acceptors (Lipinski definition) is 7. The summed E-state index contributed by atoms with van der Waals surface area (Å²) >= 11 is 1.70. The molecule has 1 radical (unpaired) electrons. The largest absolute Gasteiger partial charge is 2.00 e. The van der Waals surface area contributed by atoms with E-state index >= 15 is 0 Å². The van der Waals surface area contributed by atoms with Gasteiger partial charge in [0.1, 0.15) is 5.75 Å². The molecule has 1 N–H and O–H groups in total. The number of carbonyl (C=O) groups is 3. The fourth-order valence-corrected chi connectivity index (χ4v) is 2.21. The van der Waals surface area contributed by atoms with Crippen LogP contribution in [-0.4, -0.2) is 31.3 Å². The molecule has 1 aromatic carbocycles. The maximum Gasteiger partial charge on any atom is 2.00 e. The van der Waals surface area contributed by atoms with Crippen LogP contribution < -0.4 is 20.3 Å². The maximum atomic E-state index is 11.0. The second-order valence-corrected chi connectivity index (χ2v) is 4.62. The Morgan fingerprint density at radius 3 is 1.77 bits per heavy atom. The smallest absolute Gasteiger partial charge is 0.543 e. The number of thioether (sulfide) groups is 1. The van der Waals surface area contributed by atoms with Crippen LogP contribution in [0.1, 0.15) is 11.1 Å². The summed E-state index contributed by atoms with van der Waals surface area (Å²) in [5, 5.41) is 20.3. The van der Waals surface area contributed by atoms with E-state index in [9.17, 15) is 4.79 Å². The van der Waals surface area contributed by atoms with Crippen molar-refractivity contribution >= 4 is 29.8 Å². The number of aliphatic carboxylic acids is 2. The number of benzene rings is 1. The minimum Gasteiger partial charge on any atom is -0.543 e. The van der Waals surface area contributed by atoms with E-state index in [1.165, 1.54) is 11.9 Å². The number of amides is 1. The number of aryl methyl sites for hydroxylation is 2. The van der Waals surface area contributed by atoms with Crippen LogP contribution in [0.2, 0.25) is 0 Å². The summed E-state index contributed by atoms with van der Waals surface area (Å²) in [7, 11) is 1.54. The van der Waals surface area contributed by atoms with Crippen LogP contribution in [-0.2, 0) is 26.7 Å². The first-order chi connectivity index (χ1) is 9.72. The molecule has 0 atom stereocenters. The number of carbonyl (C=O) groups excluding carboxylic acids is 3. The van der Waals surface area contributed by atoms with E-state index in [0.29, 0.717) is 5.75 Å². The van der Waals surface area contributed by atoms with Crippen LogP contribution in [0.3, 0.4) is 0 Å². The van der Waals surface area contributed by atoms with Crippen LogP contribution in [0, 0.1) is 13.8 Å². The predicted molar refractivity (Wildman–Crippen MR) is 72.8 cm³/mol. The predicted octanol–water partition coefficient (Wildman–Crippen LogP) is -0.773. The van der Waals surface area contributed by atoms with Gasteiger partial charge in [0.15, 0.2) is 0 Å². The molecule has 22 heavy (non-hydrogen) atoms. The Hall–Kier alpha value is -1.70. The van der Waals surface area contributed by atoms with Gasteiger partial charge in [-0.15, -0.1) is 11.8 Å². The molecule has 1 amide bonds. The van der Waals surface area contributed by atoms with E-state index in [1.807, 2.05) is 32.2 Å². The van der Waals surface area contributed by atoms with Crippen LogP contribution in [0.25, 0.3) is 0 Å². The quantitative estimate of drug-likeness (QED) is 0.409. The van der Waals surface area contributed by atoms with E-state index < -0.39 is 18.0 Å². The molecule has 0 saturated carbocycles. The van der Waals surface area contributed by atoms with E-state index in [-0.39, 0.29) is 17.1 Å². The average molecular weight is 377 g/mol. The molecule has 1 aromatic rings. The topological polar surface area (TPSA) is 119 Å². The van der Waals surface area contributed by atoms with E-state index in [2.05, 4.69) is 5.32 Å². The van der Waals surface area contributed by atoms with Crippen molar-refractivity contribution < 1.29 is 46.4 Å². The molecule has 0 saturated heterocycles. The normalized spacial score (nSPS) is 8.73. The van der Waals surface area contributed by atoms with Crippen LogP contribution in [0.4, 0.5) is 4.79 Å². The number of hydrogen-bond donors (Lipinski definition) is 1. The number of carboxylic acid groups (broad SMARTS) is 2. The van der Waals surface area contributed by atoms with Crippen LogP contribution in [0.5, 0.6) is 5.75 Å². The summed E-state index contributed by atoms with van der Waals surface area (Å²) in [5.41, 5.74) is 2.25. The molecule has 7 nitrogen and oxygen atoms in total. The molecule has 0 fully saturated rings. The summed E-state index contributed by atoms with van der Waals surface area (Å²) in [4.78, 5) is 30.1. The van der Waals surface area contributed by atoms with Crippen molar-refractivity contribution in [1.82, 2.24) is 5.32 Å². The van der Waals surface area contributed by atoms with Crippen LogP contribution >= 0.6 is 11.8 Å². The summed E-state index contributed by atoms with van der Waals surface area (Å²) in [5.74, 6) is -3.79. The van der Waals surface area contributed by atoms with Crippen molar-refractivity contribution in [3.63, 3.8) is 0 Å². The van der Waals surface area contributed by atoms with Gasteiger partial charge < -0.3 is 29.9 Å². The zero-order chi connectivity index (χ0) is 16.6. The van der Waals surface area contributed by atoms with Gasteiger partial charge in [0, 0.05) is 11.9 Å². The molecule has 125 valence electrons. The third-order valence-corrected chi connectivity index (χ3v) is 3.27. The monoisotopic (exact) mass is 376 g/mol. The first-order valence-electron chi connectivity index (χ1n) is 5.70. The Kier molecular flexibility index (Phi) is 11.2. The van der Waals surface area contributed by atoms with Crippen molar-refractivity contribution in [3.8, 4) is 5.75 Å². The summed E-state index contributed by atoms with van der Waals surface area (Å²) in [6.45, 7) is 4.02. The number of carboxylic acids is 2. The van der Waals surface area contributed by atoms with Crippen LogP contribution in [0.15, 0.2) is 17.0 Å². The van der Waals surface area contributed by atoms with Crippen molar-refractivity contribution in [2.24, 2.45) is 0 Å². The van der Waals surface area contributed by atoms with Gasteiger partial charge in [0.05, 0.1) is 11.9 Å². The molecule has 0 aliphatic carbocycles. The Bertz CT molecular complexity index is 514. The molecule has 0 bridgehead atoms. The van der Waals surface area contributed by atoms with Crippen molar-refractivity contribution in [2.45, 2.75) is 18.7 Å². The SMILES string of the molecule is CNC(=O)Oc1cc(C)c(SC)c(C)c1.O=C([O-])C(=O)[O-].[Cu+2]. The Balaban J connectivity index is 0.